The molecule has 3 fully saturated rings. The van der Waals surface area contributed by atoms with Crippen LogP contribution in [0.2, 0.25) is 0 Å². The number of carbonyl (C=O) groups excluding carboxylic acids is 1. The molecule has 5 heteroatoms. The third-order valence-electron chi connectivity index (χ3n) is 7.14. The molecule has 3 aliphatic rings. The molecular weight excluding hydrogens is 350 g/mol. The smallest absolute Gasteiger partial charge is 0.222 e. The maximum Gasteiger partial charge on any atom is 0.222 e. The van der Waals surface area contributed by atoms with Gasteiger partial charge < -0.3 is 9.64 Å². The molecule has 4 rings (SSSR count). The highest BCUT2D eigenvalue weighted by Gasteiger charge is 2.43. The molecule has 1 aromatic carbocycles. The van der Waals surface area contributed by atoms with Gasteiger partial charge in [-0.05, 0) is 44.2 Å². The van der Waals surface area contributed by atoms with Crippen LogP contribution < -0.4 is 0 Å². The molecule has 0 aliphatic carbocycles. The molecule has 0 saturated carbocycles. The Labute approximate surface area is 169 Å². The quantitative estimate of drug-likeness (QED) is 0.779. The lowest BCUT2D eigenvalue weighted by Crippen LogP contribution is -2.65. The molecule has 3 aliphatic heterocycles. The van der Waals surface area contributed by atoms with Crippen molar-refractivity contribution >= 4 is 5.91 Å². The predicted molar refractivity (Wildman–Crippen MR) is 111 cm³/mol. The Morgan fingerprint density at radius 2 is 1.93 bits per heavy atom. The number of likely N-dealkylation sites (N-methyl/N-ethyl adjacent to an activating group) is 1. The molecule has 0 radical (unpaired) electrons. The van der Waals surface area contributed by atoms with E-state index in [0.29, 0.717) is 18.2 Å². The molecule has 28 heavy (non-hydrogen) atoms. The summed E-state index contributed by atoms with van der Waals surface area (Å²) >= 11 is 0. The Hall–Kier alpha value is -1.43. The molecule has 154 valence electrons. The number of likely N-dealkylation sites (tertiary alicyclic amines) is 1. The van der Waals surface area contributed by atoms with Crippen molar-refractivity contribution in [2.24, 2.45) is 5.92 Å². The summed E-state index contributed by atoms with van der Waals surface area (Å²) in [4.78, 5) is 20.0. The van der Waals surface area contributed by atoms with Crippen LogP contribution in [0, 0.1) is 5.92 Å². The van der Waals surface area contributed by atoms with Gasteiger partial charge in [0.2, 0.25) is 5.91 Å². The molecule has 0 aromatic heterocycles. The largest absolute Gasteiger partial charge is 0.381 e. The first-order chi connectivity index (χ1) is 13.6. The Morgan fingerprint density at radius 1 is 1.14 bits per heavy atom. The maximum atomic E-state index is 12.7. The number of ether oxygens (including phenoxy) is 1. The van der Waals surface area contributed by atoms with Crippen molar-refractivity contribution in [1.29, 1.82) is 0 Å². The van der Waals surface area contributed by atoms with E-state index in [-0.39, 0.29) is 5.54 Å². The van der Waals surface area contributed by atoms with Gasteiger partial charge in [-0.3, -0.25) is 14.6 Å². The van der Waals surface area contributed by atoms with Crippen molar-refractivity contribution in [2.75, 3.05) is 59.5 Å². The summed E-state index contributed by atoms with van der Waals surface area (Å²) in [7, 11) is 2.28. The SMILES string of the molecule is CN1CCN(CC2CCOC2)CC12CCN(C(=O)CCc1ccccc1)CC2. The van der Waals surface area contributed by atoms with Crippen molar-refractivity contribution in [3.8, 4) is 0 Å². The van der Waals surface area contributed by atoms with Gasteiger partial charge in [-0.2, -0.15) is 0 Å². The normalized spacial score (nSPS) is 26.0. The second kappa shape index (κ2) is 8.93. The van der Waals surface area contributed by atoms with Gasteiger partial charge in [-0.15, -0.1) is 0 Å². The van der Waals surface area contributed by atoms with E-state index in [1.807, 2.05) is 18.2 Å². The second-order valence-corrected chi connectivity index (χ2v) is 8.98. The van der Waals surface area contributed by atoms with Crippen LogP contribution >= 0.6 is 0 Å². The minimum Gasteiger partial charge on any atom is -0.381 e. The fraction of sp³-hybridized carbons (Fsp3) is 0.696. The summed E-state index contributed by atoms with van der Waals surface area (Å²) in [6, 6.07) is 10.3. The van der Waals surface area contributed by atoms with Crippen LogP contribution in [0.4, 0.5) is 0 Å². The zero-order chi connectivity index (χ0) is 19.4. The van der Waals surface area contributed by atoms with Crippen LogP contribution in [-0.2, 0) is 16.0 Å². The Balaban J connectivity index is 1.28. The first kappa shape index (κ1) is 19.9. The van der Waals surface area contributed by atoms with Gasteiger partial charge in [0.05, 0.1) is 6.61 Å². The molecule has 1 atom stereocenters. The van der Waals surface area contributed by atoms with E-state index in [1.54, 1.807) is 0 Å². The molecule has 1 spiro atoms. The fourth-order valence-corrected chi connectivity index (χ4v) is 5.16. The highest BCUT2D eigenvalue weighted by atomic mass is 16.5. The highest BCUT2D eigenvalue weighted by molar-refractivity contribution is 5.76. The van der Waals surface area contributed by atoms with Gasteiger partial charge in [-0.1, -0.05) is 30.3 Å². The molecule has 0 N–H and O–H groups in total. The highest BCUT2D eigenvalue weighted by Crippen LogP contribution is 2.32. The van der Waals surface area contributed by atoms with E-state index < -0.39 is 0 Å². The Bertz CT molecular complexity index is 637. The van der Waals surface area contributed by atoms with Gasteiger partial charge in [-0.25, -0.2) is 0 Å². The van der Waals surface area contributed by atoms with E-state index in [9.17, 15) is 4.79 Å². The van der Waals surface area contributed by atoms with Crippen LogP contribution in [0.1, 0.15) is 31.2 Å². The van der Waals surface area contributed by atoms with Crippen molar-refractivity contribution in [3.63, 3.8) is 0 Å². The zero-order valence-electron chi connectivity index (χ0n) is 17.3. The van der Waals surface area contributed by atoms with Gasteiger partial charge in [0.1, 0.15) is 0 Å². The van der Waals surface area contributed by atoms with Crippen LogP contribution in [0.15, 0.2) is 30.3 Å². The van der Waals surface area contributed by atoms with Crippen LogP contribution in [0.5, 0.6) is 0 Å². The summed E-state index contributed by atoms with van der Waals surface area (Å²) in [5.41, 5.74) is 1.50. The lowest BCUT2D eigenvalue weighted by Gasteiger charge is -2.53. The van der Waals surface area contributed by atoms with Crippen molar-refractivity contribution in [2.45, 2.75) is 37.6 Å². The molecule has 1 unspecified atom stereocenters. The van der Waals surface area contributed by atoms with Crippen LogP contribution in [-0.4, -0.2) is 85.7 Å². The maximum absolute atomic E-state index is 12.7. The van der Waals surface area contributed by atoms with Gasteiger partial charge in [0.25, 0.3) is 0 Å². The molecule has 3 heterocycles. The number of amides is 1. The minimum absolute atomic E-state index is 0.244. The van der Waals surface area contributed by atoms with E-state index in [4.69, 9.17) is 4.74 Å². The predicted octanol–water partition coefficient (Wildman–Crippen LogP) is 2.26. The molecule has 1 amide bonds. The second-order valence-electron chi connectivity index (χ2n) is 8.98. The Morgan fingerprint density at radius 3 is 2.64 bits per heavy atom. The van der Waals surface area contributed by atoms with Crippen LogP contribution in [0.25, 0.3) is 0 Å². The number of aryl methyl sites for hydroxylation is 1. The number of piperazine rings is 1. The monoisotopic (exact) mass is 385 g/mol. The standard InChI is InChI=1S/C23H35N3O2/c1-24-14-15-25(17-21-9-16-28-18-21)19-23(24)10-12-26(13-11-23)22(27)8-7-20-5-3-2-4-6-20/h2-6,21H,7-19H2,1H3. The number of carbonyl (C=O) groups is 1. The van der Waals surface area contributed by atoms with E-state index in [2.05, 4.69) is 33.9 Å². The van der Waals surface area contributed by atoms with Crippen molar-refractivity contribution in [1.82, 2.24) is 14.7 Å². The van der Waals surface area contributed by atoms with Crippen LogP contribution in [0.3, 0.4) is 0 Å². The van der Waals surface area contributed by atoms with E-state index >= 15 is 0 Å². The Kier molecular flexibility index (Phi) is 6.34. The third-order valence-corrected chi connectivity index (χ3v) is 7.14. The average Bonchev–Trinajstić information content (AvgIpc) is 3.23. The minimum atomic E-state index is 0.244. The molecule has 1 aromatic rings. The lowest BCUT2D eigenvalue weighted by atomic mass is 9.83. The van der Waals surface area contributed by atoms with Gasteiger partial charge in [0.15, 0.2) is 0 Å². The lowest BCUT2D eigenvalue weighted by molar-refractivity contribution is -0.135. The molecule has 5 nitrogen and oxygen atoms in total. The van der Waals surface area contributed by atoms with Gasteiger partial charge >= 0.3 is 0 Å². The van der Waals surface area contributed by atoms with E-state index in [1.165, 1.54) is 18.5 Å². The summed E-state index contributed by atoms with van der Waals surface area (Å²) in [5, 5.41) is 0. The summed E-state index contributed by atoms with van der Waals surface area (Å²) in [6.45, 7) is 8.29. The number of hydrogen-bond acceptors (Lipinski definition) is 4. The number of rotatable bonds is 5. The summed E-state index contributed by atoms with van der Waals surface area (Å²) < 4.78 is 5.57. The van der Waals surface area contributed by atoms with Crippen molar-refractivity contribution in [3.05, 3.63) is 35.9 Å². The fourth-order valence-electron chi connectivity index (χ4n) is 5.16. The number of benzene rings is 1. The summed E-state index contributed by atoms with van der Waals surface area (Å²) in [6.07, 6.45) is 4.87. The first-order valence-electron chi connectivity index (χ1n) is 11.0. The number of nitrogens with zero attached hydrogens (tertiary/aromatic N) is 3. The summed E-state index contributed by atoms with van der Waals surface area (Å²) in [5.74, 6) is 1.03. The topological polar surface area (TPSA) is 36.0 Å². The number of hydrogen-bond donors (Lipinski definition) is 0. The third kappa shape index (κ3) is 4.58. The van der Waals surface area contributed by atoms with Crippen molar-refractivity contribution < 1.29 is 9.53 Å². The first-order valence-corrected chi connectivity index (χ1v) is 11.0. The molecular formula is C23H35N3O2. The van der Waals surface area contributed by atoms with E-state index in [0.717, 1.165) is 65.2 Å². The molecule has 3 saturated heterocycles. The zero-order valence-corrected chi connectivity index (χ0v) is 17.3. The number of piperidine rings is 1. The van der Waals surface area contributed by atoms with Gasteiger partial charge in [0, 0.05) is 57.8 Å². The average molecular weight is 386 g/mol. The molecule has 0 bridgehead atoms.